The van der Waals surface area contributed by atoms with Crippen LogP contribution >= 0.6 is 0 Å². The van der Waals surface area contributed by atoms with E-state index in [0.29, 0.717) is 5.56 Å². The lowest BCUT2D eigenvalue weighted by Gasteiger charge is -2.15. The number of pyridine rings is 1. The number of aliphatic hydroxyl groups excluding tert-OH is 2. The highest BCUT2D eigenvalue weighted by Gasteiger charge is 2.32. The molecular formula is C10H13N3O3. The van der Waals surface area contributed by atoms with Crippen LogP contribution in [0.25, 0.3) is 0 Å². The number of carbonyl (C=O) groups excluding carboxylic acids is 1. The van der Waals surface area contributed by atoms with Crippen LogP contribution in [0.5, 0.6) is 0 Å². The molecule has 1 aliphatic rings. The van der Waals surface area contributed by atoms with Crippen molar-refractivity contribution in [1.82, 2.24) is 9.88 Å². The number of carbonyl (C=O) groups is 1. The number of rotatable bonds is 1. The summed E-state index contributed by atoms with van der Waals surface area (Å²) in [4.78, 5) is 17.1. The molecule has 6 nitrogen and oxygen atoms in total. The van der Waals surface area contributed by atoms with Crippen LogP contribution in [0.15, 0.2) is 18.3 Å². The third-order valence-electron chi connectivity index (χ3n) is 2.57. The van der Waals surface area contributed by atoms with Crippen LogP contribution in [0.3, 0.4) is 0 Å². The number of aliphatic hydroxyl groups is 2. The number of nitrogen functional groups attached to an aromatic ring is 1. The highest BCUT2D eigenvalue weighted by molar-refractivity contribution is 5.95. The van der Waals surface area contributed by atoms with Gasteiger partial charge in [-0.3, -0.25) is 4.79 Å². The first-order chi connectivity index (χ1) is 7.58. The predicted molar refractivity (Wildman–Crippen MR) is 56.6 cm³/mol. The summed E-state index contributed by atoms with van der Waals surface area (Å²) in [5, 5.41) is 18.7. The minimum Gasteiger partial charge on any atom is -0.388 e. The standard InChI is InChI=1S/C10H13N3O3/c11-9-3-6(1-2-12-9)10(16)13-4-7(14)8(15)5-13/h1-3,7-8,14-15H,4-5H2,(H2,11,12). The van der Waals surface area contributed by atoms with E-state index in [1.54, 1.807) is 6.07 Å². The van der Waals surface area contributed by atoms with E-state index in [4.69, 9.17) is 5.73 Å². The van der Waals surface area contributed by atoms with E-state index in [1.165, 1.54) is 17.2 Å². The number of β-amino-alcohol motifs (C(OH)–C–C–N with tert-alkyl or cyclic N) is 2. The zero-order valence-electron chi connectivity index (χ0n) is 8.58. The van der Waals surface area contributed by atoms with Crippen molar-refractivity contribution >= 4 is 11.7 Å². The van der Waals surface area contributed by atoms with E-state index in [1.807, 2.05) is 0 Å². The second kappa shape index (κ2) is 4.07. The summed E-state index contributed by atoms with van der Waals surface area (Å²) in [6.07, 6.45) is -0.294. The minimum atomic E-state index is -0.872. The fourth-order valence-corrected chi connectivity index (χ4v) is 1.70. The van der Waals surface area contributed by atoms with Gasteiger partial charge < -0.3 is 20.8 Å². The second-order valence-electron chi connectivity index (χ2n) is 3.81. The number of amides is 1. The van der Waals surface area contributed by atoms with Gasteiger partial charge in [0.15, 0.2) is 0 Å². The van der Waals surface area contributed by atoms with Crippen molar-refractivity contribution in [3.8, 4) is 0 Å². The molecule has 1 amide bonds. The van der Waals surface area contributed by atoms with E-state index in [2.05, 4.69) is 4.98 Å². The number of anilines is 1. The van der Waals surface area contributed by atoms with Crippen LogP contribution in [0.1, 0.15) is 10.4 Å². The van der Waals surface area contributed by atoms with Crippen LogP contribution in [0.2, 0.25) is 0 Å². The summed E-state index contributed by atoms with van der Waals surface area (Å²) in [6, 6.07) is 3.02. The number of hydrogen-bond donors (Lipinski definition) is 3. The molecule has 1 aliphatic heterocycles. The molecule has 0 saturated carbocycles. The van der Waals surface area contributed by atoms with Gasteiger partial charge in [-0.1, -0.05) is 0 Å². The fourth-order valence-electron chi connectivity index (χ4n) is 1.70. The second-order valence-corrected chi connectivity index (χ2v) is 3.81. The summed E-state index contributed by atoms with van der Waals surface area (Å²) < 4.78 is 0. The highest BCUT2D eigenvalue weighted by Crippen LogP contribution is 2.14. The monoisotopic (exact) mass is 223 g/mol. The third kappa shape index (κ3) is 1.98. The highest BCUT2D eigenvalue weighted by atomic mass is 16.3. The number of hydrogen-bond acceptors (Lipinski definition) is 5. The quantitative estimate of drug-likeness (QED) is 0.557. The maximum atomic E-state index is 11.9. The average Bonchev–Trinajstić information content (AvgIpc) is 2.58. The molecular weight excluding hydrogens is 210 g/mol. The Kier molecular flexibility index (Phi) is 2.76. The first kappa shape index (κ1) is 10.8. The summed E-state index contributed by atoms with van der Waals surface area (Å²) in [6.45, 7) is 0.282. The molecule has 4 N–H and O–H groups in total. The lowest BCUT2D eigenvalue weighted by Crippen LogP contribution is -2.29. The minimum absolute atomic E-state index is 0.141. The molecule has 0 radical (unpaired) electrons. The van der Waals surface area contributed by atoms with Crippen LogP contribution in [-0.4, -0.2) is 51.3 Å². The Morgan fingerprint density at radius 3 is 2.62 bits per heavy atom. The van der Waals surface area contributed by atoms with Gasteiger partial charge >= 0.3 is 0 Å². The van der Waals surface area contributed by atoms with Gasteiger partial charge in [-0.2, -0.15) is 0 Å². The van der Waals surface area contributed by atoms with Crippen LogP contribution in [0.4, 0.5) is 5.82 Å². The predicted octanol–water partition coefficient (Wildman–Crippen LogP) is -1.16. The van der Waals surface area contributed by atoms with Crippen molar-refractivity contribution in [2.75, 3.05) is 18.8 Å². The molecule has 2 heterocycles. The van der Waals surface area contributed by atoms with Crippen LogP contribution in [0, 0.1) is 0 Å². The van der Waals surface area contributed by atoms with E-state index in [-0.39, 0.29) is 24.8 Å². The zero-order chi connectivity index (χ0) is 11.7. The van der Waals surface area contributed by atoms with Gasteiger partial charge in [0.05, 0.1) is 12.2 Å². The van der Waals surface area contributed by atoms with E-state index in [9.17, 15) is 15.0 Å². The Balaban J connectivity index is 2.14. The van der Waals surface area contributed by atoms with Gasteiger partial charge in [-0.05, 0) is 12.1 Å². The molecule has 1 fully saturated rings. The number of likely N-dealkylation sites (tertiary alicyclic amines) is 1. The molecule has 0 aliphatic carbocycles. The SMILES string of the molecule is Nc1cc(C(=O)N2CC(O)C(O)C2)ccn1. The number of nitrogens with zero attached hydrogens (tertiary/aromatic N) is 2. The fraction of sp³-hybridized carbons (Fsp3) is 0.400. The number of aromatic nitrogens is 1. The van der Waals surface area contributed by atoms with Crippen molar-refractivity contribution in [2.24, 2.45) is 0 Å². The van der Waals surface area contributed by atoms with Gasteiger partial charge in [0.25, 0.3) is 5.91 Å². The van der Waals surface area contributed by atoms with Crippen molar-refractivity contribution in [1.29, 1.82) is 0 Å². The summed E-state index contributed by atoms with van der Waals surface area (Å²) in [5.41, 5.74) is 5.88. The molecule has 1 aromatic rings. The van der Waals surface area contributed by atoms with Crippen LogP contribution < -0.4 is 5.73 Å². The molecule has 6 heteroatoms. The topological polar surface area (TPSA) is 99.7 Å². The Morgan fingerprint density at radius 1 is 1.44 bits per heavy atom. The van der Waals surface area contributed by atoms with Gasteiger partial charge in [-0.15, -0.1) is 0 Å². The first-order valence-electron chi connectivity index (χ1n) is 4.95. The molecule has 1 aromatic heterocycles. The van der Waals surface area contributed by atoms with Crippen LogP contribution in [-0.2, 0) is 0 Å². The summed E-state index contributed by atoms with van der Waals surface area (Å²) in [7, 11) is 0. The molecule has 1 saturated heterocycles. The Bertz CT molecular complexity index is 400. The summed E-state index contributed by atoms with van der Waals surface area (Å²) >= 11 is 0. The van der Waals surface area contributed by atoms with Crippen molar-refractivity contribution in [3.63, 3.8) is 0 Å². The first-order valence-corrected chi connectivity index (χ1v) is 4.95. The average molecular weight is 223 g/mol. The van der Waals surface area contributed by atoms with Gasteiger partial charge in [0.1, 0.15) is 5.82 Å². The van der Waals surface area contributed by atoms with Crippen molar-refractivity contribution in [2.45, 2.75) is 12.2 Å². The maximum Gasteiger partial charge on any atom is 0.254 e. The van der Waals surface area contributed by atoms with Gasteiger partial charge in [0.2, 0.25) is 0 Å². The Morgan fingerprint density at radius 2 is 2.06 bits per heavy atom. The molecule has 2 unspecified atom stereocenters. The zero-order valence-corrected chi connectivity index (χ0v) is 8.58. The Hall–Kier alpha value is -1.66. The molecule has 2 atom stereocenters. The normalized spacial score (nSPS) is 24.8. The summed E-state index contributed by atoms with van der Waals surface area (Å²) in [5.74, 6) is 0.0100. The molecule has 2 rings (SSSR count). The molecule has 0 aromatic carbocycles. The lowest BCUT2D eigenvalue weighted by molar-refractivity contribution is 0.0572. The number of nitrogens with two attached hydrogens (primary N) is 1. The van der Waals surface area contributed by atoms with Gasteiger partial charge in [0, 0.05) is 24.8 Å². The van der Waals surface area contributed by atoms with Crippen molar-refractivity contribution < 1.29 is 15.0 Å². The smallest absolute Gasteiger partial charge is 0.254 e. The molecule has 0 spiro atoms. The lowest BCUT2D eigenvalue weighted by atomic mass is 10.2. The van der Waals surface area contributed by atoms with Gasteiger partial charge in [-0.25, -0.2) is 4.98 Å². The Labute approximate surface area is 92.3 Å². The van der Waals surface area contributed by atoms with E-state index >= 15 is 0 Å². The third-order valence-corrected chi connectivity index (χ3v) is 2.57. The molecule has 86 valence electrons. The van der Waals surface area contributed by atoms with Crippen molar-refractivity contribution in [3.05, 3.63) is 23.9 Å². The molecule has 0 bridgehead atoms. The molecule has 16 heavy (non-hydrogen) atoms. The van der Waals surface area contributed by atoms with E-state index in [0.717, 1.165) is 0 Å². The van der Waals surface area contributed by atoms with E-state index < -0.39 is 12.2 Å². The largest absolute Gasteiger partial charge is 0.388 e. The maximum absolute atomic E-state index is 11.9.